The molecule has 0 bridgehead atoms. The number of hydrogen-bond donors (Lipinski definition) is 1. The molecular weight excluding hydrogens is 318 g/mol. The molecule has 1 heterocycles. The molecule has 0 spiro atoms. The molecule has 0 unspecified atom stereocenters. The van der Waals surface area contributed by atoms with Gasteiger partial charge in [-0.1, -0.05) is 29.9 Å². The molecular formula is C12H14ClN3O2S2. The maximum atomic E-state index is 11.4. The van der Waals surface area contributed by atoms with Gasteiger partial charge in [0.2, 0.25) is 10.0 Å². The number of primary sulfonamides is 1. The highest BCUT2D eigenvalue weighted by Crippen LogP contribution is 2.27. The first-order chi connectivity index (χ1) is 9.32. The van der Waals surface area contributed by atoms with Crippen LogP contribution in [0.4, 0.5) is 0 Å². The lowest BCUT2D eigenvalue weighted by molar-refractivity contribution is 0.598. The topological polar surface area (TPSA) is 78.0 Å². The van der Waals surface area contributed by atoms with Gasteiger partial charge in [0.05, 0.1) is 15.9 Å². The van der Waals surface area contributed by atoms with E-state index in [1.54, 1.807) is 6.07 Å². The fraction of sp³-hybridized carbons (Fsp3) is 0.250. The smallest absolute Gasteiger partial charge is 0.238 e. The van der Waals surface area contributed by atoms with E-state index in [1.807, 2.05) is 11.5 Å². The highest BCUT2D eigenvalue weighted by molar-refractivity contribution is 7.99. The van der Waals surface area contributed by atoms with Gasteiger partial charge in [-0.2, -0.15) is 0 Å². The molecule has 108 valence electrons. The molecule has 2 aromatic rings. The Morgan fingerprint density at radius 1 is 1.55 bits per heavy atom. The van der Waals surface area contributed by atoms with Crippen LogP contribution in [-0.2, 0) is 16.6 Å². The lowest BCUT2D eigenvalue weighted by atomic mass is 10.3. The van der Waals surface area contributed by atoms with Crippen LogP contribution >= 0.6 is 23.4 Å². The Bertz CT molecular complexity index is 768. The third kappa shape index (κ3) is 3.17. The van der Waals surface area contributed by atoms with Crippen LogP contribution in [0.15, 0.2) is 39.9 Å². The molecule has 5 nitrogen and oxygen atoms in total. The Kier molecular flexibility index (Phi) is 4.43. The van der Waals surface area contributed by atoms with Crippen LogP contribution in [0.25, 0.3) is 11.0 Å². The number of imidazole rings is 1. The number of thioether (sulfide) groups is 1. The van der Waals surface area contributed by atoms with Gasteiger partial charge >= 0.3 is 0 Å². The summed E-state index contributed by atoms with van der Waals surface area (Å²) in [7, 11) is -3.72. The van der Waals surface area contributed by atoms with Crippen molar-refractivity contribution in [3.8, 4) is 0 Å². The average molecular weight is 332 g/mol. The monoisotopic (exact) mass is 331 g/mol. The SMILES string of the molecule is C=C(Cl)CSc1nc2cc(S(N)(=O)=O)ccc2n1CC. The molecule has 0 aliphatic rings. The molecule has 0 aliphatic carbocycles. The zero-order chi connectivity index (χ0) is 14.9. The van der Waals surface area contributed by atoms with Crippen molar-refractivity contribution >= 4 is 44.4 Å². The minimum absolute atomic E-state index is 0.0593. The molecule has 20 heavy (non-hydrogen) atoms. The molecule has 2 rings (SSSR count). The summed E-state index contributed by atoms with van der Waals surface area (Å²) in [4.78, 5) is 4.50. The van der Waals surface area contributed by atoms with E-state index >= 15 is 0 Å². The van der Waals surface area contributed by atoms with Crippen LogP contribution in [0.1, 0.15) is 6.92 Å². The predicted molar refractivity (Wildman–Crippen MR) is 82.5 cm³/mol. The van der Waals surface area contributed by atoms with E-state index < -0.39 is 10.0 Å². The maximum absolute atomic E-state index is 11.4. The molecule has 0 saturated heterocycles. The molecule has 1 aromatic carbocycles. The van der Waals surface area contributed by atoms with E-state index in [2.05, 4.69) is 11.6 Å². The lowest BCUT2D eigenvalue weighted by Gasteiger charge is -2.05. The van der Waals surface area contributed by atoms with Crippen LogP contribution in [0, 0.1) is 0 Å². The number of aromatic nitrogens is 2. The largest absolute Gasteiger partial charge is 0.319 e. The van der Waals surface area contributed by atoms with Crippen molar-refractivity contribution in [3.63, 3.8) is 0 Å². The summed E-state index contributed by atoms with van der Waals surface area (Å²) in [5.74, 6) is 0.549. The number of nitrogens with zero attached hydrogens (tertiary/aromatic N) is 2. The Hall–Kier alpha value is -1.02. The van der Waals surface area contributed by atoms with Gasteiger partial charge in [-0.05, 0) is 25.1 Å². The summed E-state index contributed by atoms with van der Waals surface area (Å²) in [5, 5.41) is 6.44. The Morgan fingerprint density at radius 3 is 2.80 bits per heavy atom. The van der Waals surface area contributed by atoms with Crippen molar-refractivity contribution in [2.24, 2.45) is 5.14 Å². The number of rotatable bonds is 5. The highest BCUT2D eigenvalue weighted by atomic mass is 35.5. The lowest BCUT2D eigenvalue weighted by Crippen LogP contribution is -2.11. The first-order valence-corrected chi connectivity index (χ1v) is 8.73. The summed E-state index contributed by atoms with van der Waals surface area (Å²) >= 11 is 7.22. The standard InChI is InChI=1S/C12H14ClN3O2S2/c1-3-16-11-5-4-9(20(14,17)18)6-10(11)15-12(16)19-7-8(2)13/h4-6H,2-3,7H2,1H3,(H2,14,17,18). The minimum atomic E-state index is -3.72. The third-order valence-electron chi connectivity index (χ3n) is 2.69. The molecule has 1 aromatic heterocycles. The zero-order valence-electron chi connectivity index (χ0n) is 10.8. The summed E-state index contributed by atoms with van der Waals surface area (Å²) in [5.41, 5.74) is 1.46. The van der Waals surface area contributed by atoms with Crippen molar-refractivity contribution in [1.29, 1.82) is 0 Å². The summed E-state index contributed by atoms with van der Waals surface area (Å²) in [6.07, 6.45) is 0. The average Bonchev–Trinajstić information content (AvgIpc) is 2.71. The van der Waals surface area contributed by atoms with Crippen LogP contribution in [0.2, 0.25) is 0 Å². The van der Waals surface area contributed by atoms with Gasteiger partial charge in [0, 0.05) is 17.3 Å². The fourth-order valence-corrected chi connectivity index (χ4v) is 3.35. The van der Waals surface area contributed by atoms with Crippen molar-refractivity contribution in [2.75, 3.05) is 5.75 Å². The predicted octanol–water partition coefficient (Wildman–Crippen LogP) is 2.55. The number of halogens is 1. The molecule has 0 radical (unpaired) electrons. The summed E-state index contributed by atoms with van der Waals surface area (Å²) < 4.78 is 24.7. The number of hydrogen-bond acceptors (Lipinski definition) is 4. The van der Waals surface area contributed by atoms with Gasteiger partial charge in [0.25, 0.3) is 0 Å². The molecule has 8 heteroatoms. The van der Waals surface area contributed by atoms with Gasteiger partial charge in [-0.3, -0.25) is 0 Å². The van der Waals surface area contributed by atoms with E-state index in [0.29, 0.717) is 16.3 Å². The summed E-state index contributed by atoms with van der Waals surface area (Å²) in [6.45, 7) is 6.36. The van der Waals surface area contributed by atoms with Crippen LogP contribution in [-0.4, -0.2) is 23.7 Å². The number of nitrogens with two attached hydrogens (primary N) is 1. The first-order valence-electron chi connectivity index (χ1n) is 5.82. The Labute approximate surface area is 126 Å². The Morgan fingerprint density at radius 2 is 2.25 bits per heavy atom. The van der Waals surface area contributed by atoms with E-state index in [-0.39, 0.29) is 4.90 Å². The number of fused-ring (bicyclic) bond motifs is 1. The maximum Gasteiger partial charge on any atom is 0.238 e. The van der Waals surface area contributed by atoms with Crippen molar-refractivity contribution in [3.05, 3.63) is 29.8 Å². The number of sulfonamides is 1. The molecule has 0 aliphatic heterocycles. The van der Waals surface area contributed by atoms with E-state index in [0.717, 1.165) is 17.2 Å². The van der Waals surface area contributed by atoms with Crippen LogP contribution < -0.4 is 5.14 Å². The van der Waals surface area contributed by atoms with Gasteiger partial charge in [-0.25, -0.2) is 18.5 Å². The Balaban J connectivity index is 2.53. The van der Waals surface area contributed by atoms with Crippen LogP contribution in [0.3, 0.4) is 0 Å². The van der Waals surface area contributed by atoms with Gasteiger partial charge in [0.15, 0.2) is 5.16 Å². The van der Waals surface area contributed by atoms with Crippen molar-refractivity contribution < 1.29 is 8.42 Å². The highest BCUT2D eigenvalue weighted by Gasteiger charge is 2.14. The van der Waals surface area contributed by atoms with Gasteiger partial charge in [0.1, 0.15) is 0 Å². The molecule has 0 saturated carbocycles. The number of aryl methyl sites for hydroxylation is 1. The summed E-state index contributed by atoms with van der Waals surface area (Å²) in [6, 6.07) is 4.68. The second kappa shape index (κ2) is 5.77. The van der Waals surface area contributed by atoms with Gasteiger partial charge < -0.3 is 4.57 Å². The van der Waals surface area contributed by atoms with Crippen LogP contribution in [0.5, 0.6) is 0 Å². The zero-order valence-corrected chi connectivity index (χ0v) is 13.2. The normalized spacial score (nSPS) is 11.9. The van der Waals surface area contributed by atoms with E-state index in [4.69, 9.17) is 16.7 Å². The molecule has 2 N–H and O–H groups in total. The van der Waals surface area contributed by atoms with Gasteiger partial charge in [-0.15, -0.1) is 0 Å². The molecule has 0 atom stereocenters. The molecule has 0 fully saturated rings. The van der Waals surface area contributed by atoms with E-state index in [1.165, 1.54) is 23.9 Å². The quantitative estimate of drug-likeness (QED) is 0.854. The van der Waals surface area contributed by atoms with Crippen molar-refractivity contribution in [2.45, 2.75) is 23.5 Å². The minimum Gasteiger partial charge on any atom is -0.319 e. The fourth-order valence-electron chi connectivity index (χ4n) is 1.82. The second-order valence-electron chi connectivity index (χ2n) is 4.14. The molecule has 0 amide bonds. The second-order valence-corrected chi connectivity index (χ2v) is 7.18. The first kappa shape index (κ1) is 15.4. The number of benzene rings is 1. The third-order valence-corrected chi connectivity index (χ3v) is 4.95. The van der Waals surface area contributed by atoms with E-state index in [9.17, 15) is 8.42 Å². The van der Waals surface area contributed by atoms with Crippen molar-refractivity contribution in [1.82, 2.24) is 9.55 Å².